The van der Waals surface area contributed by atoms with E-state index < -0.39 is 14.9 Å². The monoisotopic (exact) mass is 578 g/mol. The molecule has 0 spiro atoms. The van der Waals surface area contributed by atoms with Crippen molar-refractivity contribution in [2.24, 2.45) is 0 Å². The number of sulfonamides is 1. The normalized spacial score (nSPS) is 11.2. The summed E-state index contributed by atoms with van der Waals surface area (Å²) in [6.07, 6.45) is 1.41. The largest absolute Gasteiger partial charge is 0.492 e. The van der Waals surface area contributed by atoms with Gasteiger partial charge in [0.15, 0.2) is 0 Å². The molecule has 0 atom stereocenters. The zero-order chi connectivity index (χ0) is 26.4. The fourth-order valence-corrected chi connectivity index (χ4v) is 5.22. The number of ether oxygens (including phenoxy) is 1. The quantitative estimate of drug-likeness (QED) is 0.138. The van der Waals surface area contributed by atoms with Gasteiger partial charge in [0.05, 0.1) is 9.82 Å². The van der Waals surface area contributed by atoms with Crippen molar-refractivity contribution < 1.29 is 18.1 Å². The molecule has 0 amide bonds. The summed E-state index contributed by atoms with van der Waals surface area (Å²) in [6.45, 7) is 1.09. The third-order valence-electron chi connectivity index (χ3n) is 5.50. The Morgan fingerprint density at radius 3 is 2.53 bits per heavy atom. The number of non-ortho nitro benzene ring substituents is 1. The first-order valence-electron chi connectivity index (χ1n) is 11.2. The molecule has 0 unspecified atom stereocenters. The van der Waals surface area contributed by atoms with E-state index in [2.05, 4.69) is 15.0 Å². The SMILES string of the molecule is Cl.O=c1[nH]ccc2c(S(=O)(=O)NCCNCCOc3ccc([N+](=O)[O-])cc3-c3cccc(Cl)c3)cccc12. The highest BCUT2D eigenvalue weighted by Crippen LogP contribution is 2.34. The summed E-state index contributed by atoms with van der Waals surface area (Å²) in [5.74, 6) is 0.460. The van der Waals surface area contributed by atoms with Gasteiger partial charge in [-0.2, -0.15) is 0 Å². The molecule has 1 aromatic heterocycles. The molecule has 13 heteroatoms. The second-order valence-corrected chi connectivity index (χ2v) is 10.1. The van der Waals surface area contributed by atoms with Crippen LogP contribution < -0.4 is 20.3 Å². The average molecular weight is 579 g/mol. The summed E-state index contributed by atoms with van der Waals surface area (Å²) in [5.41, 5.74) is 0.800. The summed E-state index contributed by atoms with van der Waals surface area (Å²) >= 11 is 6.08. The van der Waals surface area contributed by atoms with Crippen LogP contribution in [-0.2, 0) is 10.0 Å². The molecule has 0 aliphatic carbocycles. The van der Waals surface area contributed by atoms with Gasteiger partial charge in [-0.05, 0) is 42.0 Å². The summed E-state index contributed by atoms with van der Waals surface area (Å²) in [4.78, 5) is 25.3. The fraction of sp³-hybridized carbons (Fsp3) is 0.160. The summed E-state index contributed by atoms with van der Waals surface area (Å²) in [6, 6.07) is 17.4. The molecule has 200 valence electrons. The van der Waals surface area contributed by atoms with Crippen LogP contribution in [0, 0.1) is 10.1 Å². The van der Waals surface area contributed by atoms with Gasteiger partial charge in [0.1, 0.15) is 12.4 Å². The lowest BCUT2D eigenvalue weighted by Crippen LogP contribution is -2.33. The predicted octanol–water partition coefficient (Wildman–Crippen LogP) is 4.13. The van der Waals surface area contributed by atoms with Gasteiger partial charge in [-0.1, -0.05) is 29.8 Å². The van der Waals surface area contributed by atoms with Crippen molar-refractivity contribution in [2.45, 2.75) is 4.90 Å². The minimum Gasteiger partial charge on any atom is -0.492 e. The number of aromatic amines is 1. The topological polar surface area (TPSA) is 143 Å². The van der Waals surface area contributed by atoms with Gasteiger partial charge in [0.25, 0.3) is 11.2 Å². The molecule has 38 heavy (non-hydrogen) atoms. The number of fused-ring (bicyclic) bond motifs is 1. The number of nitrogens with one attached hydrogen (secondary N) is 3. The molecule has 0 aliphatic rings. The highest BCUT2D eigenvalue weighted by Gasteiger charge is 2.17. The Bertz CT molecular complexity index is 1610. The van der Waals surface area contributed by atoms with Crippen LogP contribution in [0.4, 0.5) is 5.69 Å². The number of rotatable bonds is 11. The van der Waals surface area contributed by atoms with Gasteiger partial charge < -0.3 is 15.0 Å². The van der Waals surface area contributed by atoms with Crippen LogP contribution in [-0.4, -0.2) is 44.6 Å². The van der Waals surface area contributed by atoms with E-state index in [1.807, 2.05) is 0 Å². The molecule has 0 aliphatic heterocycles. The van der Waals surface area contributed by atoms with Crippen molar-refractivity contribution in [3.05, 3.63) is 98.4 Å². The van der Waals surface area contributed by atoms with Crippen molar-refractivity contribution in [3.8, 4) is 16.9 Å². The Morgan fingerprint density at radius 2 is 1.76 bits per heavy atom. The summed E-state index contributed by atoms with van der Waals surface area (Å²) in [5, 5.41) is 15.5. The number of halogens is 2. The highest BCUT2D eigenvalue weighted by atomic mass is 35.5. The smallest absolute Gasteiger partial charge is 0.270 e. The van der Waals surface area contributed by atoms with Crippen LogP contribution in [0.2, 0.25) is 5.02 Å². The van der Waals surface area contributed by atoms with E-state index in [-0.39, 0.29) is 41.7 Å². The molecule has 1 heterocycles. The Hall–Kier alpha value is -3.48. The maximum atomic E-state index is 12.8. The maximum absolute atomic E-state index is 12.8. The van der Waals surface area contributed by atoms with Gasteiger partial charge in [-0.3, -0.25) is 14.9 Å². The second-order valence-electron chi connectivity index (χ2n) is 7.97. The fourth-order valence-electron chi connectivity index (χ4n) is 3.78. The number of hydrogen-bond donors (Lipinski definition) is 3. The molecule has 4 rings (SSSR count). The van der Waals surface area contributed by atoms with Gasteiger partial charge >= 0.3 is 0 Å². The number of nitrogens with zero attached hydrogens (tertiary/aromatic N) is 1. The van der Waals surface area contributed by atoms with Gasteiger partial charge in [0, 0.05) is 59.3 Å². The molecule has 3 N–H and O–H groups in total. The molecule has 0 radical (unpaired) electrons. The molecular weight excluding hydrogens is 555 g/mol. The minimum atomic E-state index is -3.83. The molecule has 0 fully saturated rings. The van der Waals surface area contributed by atoms with Gasteiger partial charge in [0.2, 0.25) is 10.0 Å². The van der Waals surface area contributed by atoms with Crippen molar-refractivity contribution in [1.82, 2.24) is 15.0 Å². The third kappa shape index (κ3) is 6.88. The third-order valence-corrected chi connectivity index (χ3v) is 7.26. The van der Waals surface area contributed by atoms with E-state index in [0.717, 1.165) is 0 Å². The van der Waals surface area contributed by atoms with Gasteiger partial charge in [-0.25, -0.2) is 13.1 Å². The van der Waals surface area contributed by atoms with Crippen LogP contribution in [0.3, 0.4) is 0 Å². The molecule has 4 aromatic rings. The first-order chi connectivity index (χ1) is 17.8. The lowest BCUT2D eigenvalue weighted by Gasteiger charge is -2.13. The number of nitro groups is 1. The lowest BCUT2D eigenvalue weighted by atomic mass is 10.0. The van der Waals surface area contributed by atoms with Crippen molar-refractivity contribution in [2.75, 3.05) is 26.2 Å². The summed E-state index contributed by atoms with van der Waals surface area (Å²) in [7, 11) is -3.83. The average Bonchev–Trinajstić information content (AvgIpc) is 2.88. The van der Waals surface area contributed by atoms with Crippen LogP contribution in [0.1, 0.15) is 0 Å². The number of H-pyrrole nitrogens is 1. The van der Waals surface area contributed by atoms with Crippen LogP contribution in [0.25, 0.3) is 21.9 Å². The van der Waals surface area contributed by atoms with Crippen molar-refractivity contribution >= 4 is 50.5 Å². The maximum Gasteiger partial charge on any atom is 0.270 e. The highest BCUT2D eigenvalue weighted by molar-refractivity contribution is 7.89. The predicted molar refractivity (Wildman–Crippen MR) is 149 cm³/mol. The van der Waals surface area contributed by atoms with E-state index in [9.17, 15) is 23.3 Å². The number of aromatic nitrogens is 1. The Labute approximate surface area is 229 Å². The second kappa shape index (κ2) is 12.9. The zero-order valence-corrected chi connectivity index (χ0v) is 22.2. The number of pyridine rings is 1. The number of benzene rings is 3. The zero-order valence-electron chi connectivity index (χ0n) is 19.8. The van der Waals surface area contributed by atoms with E-state index in [0.29, 0.717) is 45.8 Å². The van der Waals surface area contributed by atoms with Crippen LogP contribution in [0.15, 0.2) is 82.6 Å². The van der Waals surface area contributed by atoms with E-state index >= 15 is 0 Å². The molecule has 3 aromatic carbocycles. The van der Waals surface area contributed by atoms with Crippen LogP contribution in [0.5, 0.6) is 5.75 Å². The van der Waals surface area contributed by atoms with Crippen molar-refractivity contribution in [1.29, 1.82) is 0 Å². The Kier molecular flexibility index (Phi) is 9.84. The first kappa shape index (κ1) is 29.1. The van der Waals surface area contributed by atoms with Crippen LogP contribution >= 0.6 is 24.0 Å². The summed E-state index contributed by atoms with van der Waals surface area (Å²) < 4.78 is 33.9. The molecule has 0 bridgehead atoms. The molecular formula is C25H24Cl2N4O6S. The Morgan fingerprint density at radius 1 is 0.974 bits per heavy atom. The Balaban J connectivity index is 0.00000400. The van der Waals surface area contributed by atoms with E-state index in [1.54, 1.807) is 36.4 Å². The van der Waals surface area contributed by atoms with E-state index in [1.165, 1.54) is 36.5 Å². The number of hydrogen-bond acceptors (Lipinski definition) is 7. The standard InChI is InChI=1S/C25H23ClN4O6S.ClH/c26-18-4-1-3-17(15-18)22-16-19(30(32)33)7-8-23(22)36-14-13-27-11-12-29-37(34,35)24-6-2-5-21-20(24)9-10-28-25(21)31;/h1-10,15-16,27,29H,11-14H2,(H,28,31);1H. The molecule has 10 nitrogen and oxygen atoms in total. The minimum absolute atomic E-state index is 0. The lowest BCUT2D eigenvalue weighted by molar-refractivity contribution is -0.384. The molecule has 0 saturated heterocycles. The number of nitro benzene ring substituents is 1. The van der Waals surface area contributed by atoms with Gasteiger partial charge in [-0.15, -0.1) is 12.4 Å². The van der Waals surface area contributed by atoms with E-state index in [4.69, 9.17) is 16.3 Å². The van der Waals surface area contributed by atoms with Crippen molar-refractivity contribution in [3.63, 3.8) is 0 Å². The molecule has 0 saturated carbocycles. The first-order valence-corrected chi connectivity index (χ1v) is 13.1.